The molecule has 3 nitrogen and oxygen atoms in total. The van der Waals surface area contributed by atoms with Crippen molar-refractivity contribution >= 4 is 52.0 Å². The number of benzene rings is 1. The van der Waals surface area contributed by atoms with Crippen LogP contribution >= 0.6 is 46.3 Å². The van der Waals surface area contributed by atoms with Crippen LogP contribution in [0.4, 0.5) is 5.69 Å². The lowest BCUT2D eigenvalue weighted by Crippen LogP contribution is -1.98. The van der Waals surface area contributed by atoms with Crippen LogP contribution in [0.3, 0.4) is 0 Å². The van der Waals surface area contributed by atoms with Gasteiger partial charge >= 0.3 is 0 Å². The van der Waals surface area contributed by atoms with Gasteiger partial charge in [0.15, 0.2) is 4.34 Å². The van der Waals surface area contributed by atoms with Gasteiger partial charge in [0.05, 0.1) is 28.7 Å². The molecule has 0 radical (unpaired) electrons. The average Bonchev–Trinajstić information content (AvgIpc) is 2.85. The number of hydrogen-bond donors (Lipinski definition) is 1. The van der Waals surface area contributed by atoms with Crippen molar-refractivity contribution < 1.29 is 4.74 Å². The fourth-order valence-electron chi connectivity index (χ4n) is 1.28. The topological polar surface area (TPSA) is 34.1 Å². The highest BCUT2D eigenvalue weighted by atomic mass is 35.5. The smallest absolute Gasteiger partial charge is 0.151 e. The quantitative estimate of drug-likeness (QED) is 0.643. The van der Waals surface area contributed by atoms with E-state index in [9.17, 15) is 0 Å². The summed E-state index contributed by atoms with van der Waals surface area (Å²) in [4.78, 5) is 4.18. The van der Waals surface area contributed by atoms with Gasteiger partial charge in [-0.05, 0) is 6.07 Å². The van der Waals surface area contributed by atoms with Crippen molar-refractivity contribution in [2.75, 3.05) is 18.3 Å². The second-order valence-electron chi connectivity index (χ2n) is 3.23. The highest BCUT2D eigenvalue weighted by Gasteiger charge is 2.07. The number of rotatable bonds is 5. The molecular weight excluding hydrogens is 311 g/mol. The molecule has 96 valence electrons. The Labute approximate surface area is 123 Å². The van der Waals surface area contributed by atoms with E-state index in [-0.39, 0.29) is 0 Å². The van der Waals surface area contributed by atoms with Crippen LogP contribution < -0.4 is 10.1 Å². The van der Waals surface area contributed by atoms with Gasteiger partial charge in [-0.1, -0.05) is 35.0 Å². The molecule has 1 aromatic heterocycles. The van der Waals surface area contributed by atoms with Crippen molar-refractivity contribution in [1.82, 2.24) is 4.98 Å². The van der Waals surface area contributed by atoms with E-state index in [0.717, 1.165) is 10.0 Å². The molecule has 0 spiro atoms. The summed E-state index contributed by atoms with van der Waals surface area (Å²) in [7, 11) is 1.57. The standard InChI is InChI=1S/C11H10Cl2N2OS2/c1-16-10-5-9(7(12)4-8(10)13)15-6-18-11-14-2-3-17-11/h2-5,15H,6H2,1H3. The molecule has 2 rings (SSSR count). The SMILES string of the molecule is COc1cc(NCSc2nccs2)c(Cl)cc1Cl. The summed E-state index contributed by atoms with van der Waals surface area (Å²) in [6, 6.07) is 3.45. The number of nitrogens with one attached hydrogen (secondary N) is 1. The Kier molecular flexibility index (Phi) is 5.00. The van der Waals surface area contributed by atoms with Crippen molar-refractivity contribution in [2.45, 2.75) is 4.34 Å². The molecule has 0 atom stereocenters. The molecular formula is C11H10Cl2N2OS2. The van der Waals surface area contributed by atoms with Gasteiger partial charge in [0.25, 0.3) is 0 Å². The molecule has 0 fully saturated rings. The lowest BCUT2D eigenvalue weighted by Gasteiger charge is -2.10. The van der Waals surface area contributed by atoms with Gasteiger partial charge in [-0.25, -0.2) is 4.98 Å². The highest BCUT2D eigenvalue weighted by Crippen LogP contribution is 2.34. The number of ether oxygens (including phenoxy) is 1. The Hall–Kier alpha value is -0.620. The minimum atomic E-state index is 0.501. The third-order valence-electron chi connectivity index (χ3n) is 2.11. The van der Waals surface area contributed by atoms with E-state index in [2.05, 4.69) is 10.3 Å². The van der Waals surface area contributed by atoms with E-state index < -0.39 is 0 Å². The number of methoxy groups -OCH3 is 1. The van der Waals surface area contributed by atoms with Crippen molar-refractivity contribution in [1.29, 1.82) is 0 Å². The predicted molar refractivity (Wildman–Crippen MR) is 79.5 cm³/mol. The second kappa shape index (κ2) is 6.52. The summed E-state index contributed by atoms with van der Waals surface area (Å²) >= 11 is 15.3. The summed E-state index contributed by atoms with van der Waals surface area (Å²) in [5, 5.41) is 6.23. The van der Waals surface area contributed by atoms with Crippen LogP contribution in [0.1, 0.15) is 0 Å². The zero-order valence-corrected chi connectivity index (χ0v) is 12.6. The maximum absolute atomic E-state index is 6.09. The second-order valence-corrected chi connectivity index (χ2v) is 6.16. The largest absolute Gasteiger partial charge is 0.495 e. The van der Waals surface area contributed by atoms with Crippen LogP contribution in [0.5, 0.6) is 5.75 Å². The van der Waals surface area contributed by atoms with Crippen LogP contribution in [0, 0.1) is 0 Å². The maximum Gasteiger partial charge on any atom is 0.151 e. The van der Waals surface area contributed by atoms with Crippen LogP contribution in [0.2, 0.25) is 10.0 Å². The maximum atomic E-state index is 6.09. The third-order valence-corrected chi connectivity index (χ3v) is 4.57. The number of halogens is 2. The van der Waals surface area contributed by atoms with Crippen molar-refractivity contribution in [3.8, 4) is 5.75 Å². The first kappa shape index (κ1) is 13.8. The molecule has 0 amide bonds. The molecule has 0 saturated heterocycles. The van der Waals surface area contributed by atoms with E-state index in [0.29, 0.717) is 21.7 Å². The fourth-order valence-corrected chi connectivity index (χ4v) is 3.27. The fraction of sp³-hybridized carbons (Fsp3) is 0.182. The van der Waals surface area contributed by atoms with Crippen molar-refractivity contribution in [2.24, 2.45) is 0 Å². The molecule has 0 aliphatic heterocycles. The zero-order chi connectivity index (χ0) is 13.0. The van der Waals surface area contributed by atoms with Gasteiger partial charge in [0.1, 0.15) is 5.75 Å². The zero-order valence-electron chi connectivity index (χ0n) is 9.44. The number of anilines is 1. The molecule has 0 aliphatic carbocycles. The number of thioether (sulfide) groups is 1. The van der Waals surface area contributed by atoms with E-state index >= 15 is 0 Å². The van der Waals surface area contributed by atoms with Gasteiger partial charge in [0.2, 0.25) is 0 Å². The van der Waals surface area contributed by atoms with Gasteiger partial charge in [-0.15, -0.1) is 11.3 Å². The van der Waals surface area contributed by atoms with Gasteiger partial charge in [-0.3, -0.25) is 0 Å². The molecule has 0 aliphatic rings. The number of aromatic nitrogens is 1. The average molecular weight is 321 g/mol. The van der Waals surface area contributed by atoms with Crippen LogP contribution in [0.25, 0.3) is 0 Å². The van der Waals surface area contributed by atoms with Crippen molar-refractivity contribution in [3.05, 3.63) is 33.8 Å². The van der Waals surface area contributed by atoms with Crippen LogP contribution in [0.15, 0.2) is 28.0 Å². The molecule has 2 aromatic rings. The monoisotopic (exact) mass is 320 g/mol. The lowest BCUT2D eigenvalue weighted by molar-refractivity contribution is 0.415. The number of thiazole rings is 1. The lowest BCUT2D eigenvalue weighted by atomic mass is 10.3. The van der Waals surface area contributed by atoms with Crippen LogP contribution in [-0.4, -0.2) is 18.0 Å². The molecule has 1 N–H and O–H groups in total. The molecule has 1 heterocycles. The van der Waals surface area contributed by atoms with Gasteiger partial charge in [0, 0.05) is 17.6 Å². The first-order chi connectivity index (χ1) is 8.70. The first-order valence-electron chi connectivity index (χ1n) is 5.00. The Bertz CT molecular complexity index is 520. The minimum absolute atomic E-state index is 0.501. The third kappa shape index (κ3) is 3.45. The number of hydrogen-bond acceptors (Lipinski definition) is 5. The predicted octanol–water partition coefficient (Wildman–Crippen LogP) is 4.62. The summed E-state index contributed by atoms with van der Waals surface area (Å²) < 4.78 is 6.16. The normalized spacial score (nSPS) is 10.4. The van der Waals surface area contributed by atoms with Crippen molar-refractivity contribution in [3.63, 3.8) is 0 Å². The molecule has 0 unspecified atom stereocenters. The Morgan fingerprint density at radius 3 is 2.89 bits per heavy atom. The molecule has 0 bridgehead atoms. The Balaban J connectivity index is 2.00. The molecule has 1 aromatic carbocycles. The number of nitrogens with zero attached hydrogens (tertiary/aromatic N) is 1. The van der Waals surface area contributed by atoms with E-state index in [1.54, 1.807) is 48.5 Å². The molecule has 0 saturated carbocycles. The summed E-state index contributed by atoms with van der Waals surface area (Å²) in [5.74, 6) is 1.28. The highest BCUT2D eigenvalue weighted by molar-refractivity contribution is 8.01. The first-order valence-corrected chi connectivity index (χ1v) is 7.62. The summed E-state index contributed by atoms with van der Waals surface area (Å²) in [6.07, 6.45) is 1.78. The Morgan fingerprint density at radius 1 is 1.39 bits per heavy atom. The summed E-state index contributed by atoms with van der Waals surface area (Å²) in [6.45, 7) is 0. The van der Waals surface area contributed by atoms with Gasteiger partial charge < -0.3 is 10.1 Å². The van der Waals surface area contributed by atoms with E-state index in [4.69, 9.17) is 27.9 Å². The molecule has 7 heteroatoms. The van der Waals surface area contributed by atoms with Gasteiger partial charge in [-0.2, -0.15) is 0 Å². The summed E-state index contributed by atoms with van der Waals surface area (Å²) in [5.41, 5.74) is 0.793. The van der Waals surface area contributed by atoms with Crippen LogP contribution in [-0.2, 0) is 0 Å². The molecule has 18 heavy (non-hydrogen) atoms. The van der Waals surface area contributed by atoms with E-state index in [1.165, 1.54) is 0 Å². The van der Waals surface area contributed by atoms with E-state index in [1.807, 2.05) is 5.38 Å². The Morgan fingerprint density at radius 2 is 2.22 bits per heavy atom. The minimum Gasteiger partial charge on any atom is -0.495 e.